The van der Waals surface area contributed by atoms with Crippen molar-refractivity contribution in [2.45, 2.75) is 13.0 Å². The number of nitrogens with two attached hydrogens (primary N) is 1. The first-order chi connectivity index (χ1) is 12.9. The summed E-state index contributed by atoms with van der Waals surface area (Å²) in [5, 5.41) is 3.14. The van der Waals surface area contributed by atoms with Crippen LogP contribution in [0.3, 0.4) is 0 Å². The lowest BCUT2D eigenvalue weighted by atomic mass is 10.1. The molecule has 6 nitrogen and oxygen atoms in total. The van der Waals surface area contributed by atoms with E-state index < -0.39 is 11.7 Å². The number of rotatable bonds is 5. The van der Waals surface area contributed by atoms with Crippen molar-refractivity contribution < 1.29 is 13.9 Å². The number of carbonyl (C=O) groups is 1. The van der Waals surface area contributed by atoms with Gasteiger partial charge >= 0.3 is 0 Å². The summed E-state index contributed by atoms with van der Waals surface area (Å²) in [5.74, 6) is -0.337. The van der Waals surface area contributed by atoms with Crippen LogP contribution in [0.15, 0.2) is 54.9 Å². The summed E-state index contributed by atoms with van der Waals surface area (Å²) in [6, 6.07) is 11.2. The molecule has 0 saturated heterocycles. The minimum atomic E-state index is -0.505. The zero-order valence-corrected chi connectivity index (χ0v) is 15.1. The molecule has 0 fully saturated rings. The number of anilines is 2. The summed E-state index contributed by atoms with van der Waals surface area (Å²) in [5.41, 5.74) is 7.27. The first kappa shape index (κ1) is 18.6. The number of hydrogen-bond donors (Lipinski definition) is 2. The van der Waals surface area contributed by atoms with Crippen LogP contribution in [0.4, 0.5) is 15.9 Å². The van der Waals surface area contributed by atoms with Crippen LogP contribution >= 0.6 is 11.6 Å². The SMILES string of the molecule is C[C@@H](Oc1cc(Cl)cnc1N)c1cccc(NC(=O)c2ccc(F)cn2)c1. The third-order valence-electron chi connectivity index (χ3n) is 3.73. The molecule has 0 unspecified atom stereocenters. The number of nitrogens with one attached hydrogen (secondary N) is 1. The standard InChI is InChI=1S/C19H16ClFN4O2/c1-11(27-17-8-13(20)9-24-18(17)22)12-3-2-4-15(7-12)25-19(26)16-6-5-14(21)10-23-16/h2-11H,1H3,(H2,22,24)(H,25,26)/t11-/m1/s1. The van der Waals surface area contributed by atoms with E-state index in [1.54, 1.807) is 24.3 Å². The second-order valence-electron chi connectivity index (χ2n) is 5.74. The van der Waals surface area contributed by atoms with E-state index in [1.165, 1.54) is 18.3 Å². The lowest BCUT2D eigenvalue weighted by molar-refractivity contribution is 0.102. The highest BCUT2D eigenvalue weighted by Gasteiger charge is 2.13. The molecule has 0 radical (unpaired) electrons. The third kappa shape index (κ3) is 4.71. The second-order valence-corrected chi connectivity index (χ2v) is 6.17. The molecule has 1 atom stereocenters. The average molecular weight is 387 g/mol. The van der Waals surface area contributed by atoms with Crippen molar-refractivity contribution >= 4 is 29.0 Å². The molecule has 1 aromatic carbocycles. The fraction of sp³-hybridized carbons (Fsp3) is 0.105. The Kier molecular flexibility index (Phi) is 5.52. The molecule has 0 aliphatic rings. The summed E-state index contributed by atoms with van der Waals surface area (Å²) in [7, 11) is 0. The molecule has 2 aromatic heterocycles. The third-order valence-corrected chi connectivity index (χ3v) is 3.93. The van der Waals surface area contributed by atoms with Gasteiger partial charge in [0.05, 0.1) is 11.2 Å². The zero-order chi connectivity index (χ0) is 19.4. The molecule has 0 spiro atoms. The van der Waals surface area contributed by atoms with Crippen LogP contribution in [0.5, 0.6) is 5.75 Å². The minimum absolute atomic E-state index is 0.115. The number of amides is 1. The fourth-order valence-corrected chi connectivity index (χ4v) is 2.51. The van der Waals surface area contributed by atoms with E-state index in [2.05, 4.69) is 15.3 Å². The first-order valence-electron chi connectivity index (χ1n) is 8.03. The predicted molar refractivity (Wildman–Crippen MR) is 101 cm³/mol. The Morgan fingerprint density at radius 3 is 2.78 bits per heavy atom. The van der Waals surface area contributed by atoms with E-state index >= 15 is 0 Å². The lowest BCUT2D eigenvalue weighted by Crippen LogP contribution is -2.14. The van der Waals surface area contributed by atoms with Gasteiger partial charge in [-0.2, -0.15) is 0 Å². The molecule has 0 saturated carbocycles. The Bertz CT molecular complexity index is 966. The van der Waals surface area contributed by atoms with Gasteiger partial charge in [0.2, 0.25) is 0 Å². The summed E-state index contributed by atoms with van der Waals surface area (Å²) in [6.45, 7) is 1.84. The highest BCUT2D eigenvalue weighted by Crippen LogP contribution is 2.29. The van der Waals surface area contributed by atoms with Gasteiger partial charge in [0.1, 0.15) is 17.6 Å². The number of hydrogen-bond acceptors (Lipinski definition) is 5. The number of carbonyl (C=O) groups excluding carboxylic acids is 1. The highest BCUT2D eigenvalue weighted by atomic mass is 35.5. The van der Waals surface area contributed by atoms with Crippen LogP contribution in [0.1, 0.15) is 29.1 Å². The molecule has 138 valence electrons. The molecule has 3 rings (SSSR count). The molecule has 3 aromatic rings. The maximum Gasteiger partial charge on any atom is 0.274 e. The van der Waals surface area contributed by atoms with Gasteiger partial charge in [-0.05, 0) is 36.8 Å². The smallest absolute Gasteiger partial charge is 0.274 e. The summed E-state index contributed by atoms with van der Waals surface area (Å²) < 4.78 is 18.8. The van der Waals surface area contributed by atoms with Crippen LogP contribution < -0.4 is 15.8 Å². The average Bonchev–Trinajstić information content (AvgIpc) is 2.65. The topological polar surface area (TPSA) is 90.1 Å². The molecular weight excluding hydrogens is 371 g/mol. The van der Waals surface area contributed by atoms with E-state index in [4.69, 9.17) is 22.1 Å². The minimum Gasteiger partial charge on any atom is -0.482 e. The van der Waals surface area contributed by atoms with Gasteiger partial charge in [0.25, 0.3) is 5.91 Å². The van der Waals surface area contributed by atoms with Crippen LogP contribution in [0.2, 0.25) is 5.02 Å². The van der Waals surface area contributed by atoms with E-state index in [0.717, 1.165) is 11.8 Å². The first-order valence-corrected chi connectivity index (χ1v) is 8.40. The maximum absolute atomic E-state index is 12.9. The Balaban J connectivity index is 1.73. The molecular formula is C19H16ClFN4O2. The molecule has 0 bridgehead atoms. The van der Waals surface area contributed by atoms with Gasteiger partial charge in [-0.3, -0.25) is 4.79 Å². The van der Waals surface area contributed by atoms with E-state index in [1.807, 2.05) is 13.0 Å². The normalized spacial score (nSPS) is 11.7. The van der Waals surface area contributed by atoms with Crippen molar-refractivity contribution in [1.82, 2.24) is 9.97 Å². The monoisotopic (exact) mass is 386 g/mol. The van der Waals surface area contributed by atoms with Gasteiger partial charge in [-0.1, -0.05) is 23.7 Å². The number of pyridine rings is 2. The molecule has 1 amide bonds. The van der Waals surface area contributed by atoms with Crippen LogP contribution in [0.25, 0.3) is 0 Å². The second kappa shape index (κ2) is 8.01. The Hall–Kier alpha value is -3.19. The molecule has 0 aliphatic heterocycles. The Morgan fingerprint density at radius 2 is 2.04 bits per heavy atom. The quantitative estimate of drug-likeness (QED) is 0.684. The van der Waals surface area contributed by atoms with Crippen molar-refractivity contribution in [3.8, 4) is 5.75 Å². The van der Waals surface area contributed by atoms with Crippen molar-refractivity contribution in [2.75, 3.05) is 11.1 Å². The summed E-state index contributed by atoms with van der Waals surface area (Å²) in [4.78, 5) is 19.9. The predicted octanol–water partition coefficient (Wildman–Crippen LogP) is 4.24. The van der Waals surface area contributed by atoms with Crippen LogP contribution in [-0.4, -0.2) is 15.9 Å². The van der Waals surface area contributed by atoms with E-state index in [9.17, 15) is 9.18 Å². The number of benzene rings is 1. The number of nitrogen functional groups attached to an aromatic ring is 1. The van der Waals surface area contributed by atoms with Crippen molar-refractivity contribution in [1.29, 1.82) is 0 Å². The molecule has 3 N–H and O–H groups in total. The van der Waals surface area contributed by atoms with Crippen molar-refractivity contribution in [2.24, 2.45) is 0 Å². The van der Waals surface area contributed by atoms with E-state index in [-0.39, 0.29) is 17.6 Å². The van der Waals surface area contributed by atoms with Gasteiger partial charge < -0.3 is 15.8 Å². The molecule has 27 heavy (non-hydrogen) atoms. The Labute approximate surface area is 160 Å². The van der Waals surface area contributed by atoms with Gasteiger partial charge in [0, 0.05) is 18.0 Å². The van der Waals surface area contributed by atoms with Gasteiger partial charge in [-0.25, -0.2) is 14.4 Å². The zero-order valence-electron chi connectivity index (χ0n) is 14.3. The van der Waals surface area contributed by atoms with E-state index in [0.29, 0.717) is 16.5 Å². The number of ether oxygens (including phenoxy) is 1. The fourth-order valence-electron chi connectivity index (χ4n) is 2.36. The molecule has 0 aliphatic carbocycles. The lowest BCUT2D eigenvalue weighted by Gasteiger charge is -2.17. The maximum atomic E-state index is 12.9. The van der Waals surface area contributed by atoms with Crippen LogP contribution in [-0.2, 0) is 0 Å². The summed E-state index contributed by atoms with van der Waals surface area (Å²) in [6.07, 6.45) is 2.06. The molecule has 2 heterocycles. The number of aromatic nitrogens is 2. The van der Waals surface area contributed by atoms with Crippen molar-refractivity contribution in [3.63, 3.8) is 0 Å². The van der Waals surface area contributed by atoms with Gasteiger partial charge in [-0.15, -0.1) is 0 Å². The van der Waals surface area contributed by atoms with Crippen molar-refractivity contribution in [3.05, 3.63) is 77.0 Å². The van der Waals surface area contributed by atoms with Gasteiger partial charge in [0.15, 0.2) is 11.6 Å². The van der Waals surface area contributed by atoms with Crippen LogP contribution in [0, 0.1) is 5.82 Å². The summed E-state index contributed by atoms with van der Waals surface area (Å²) >= 11 is 5.92. The largest absolute Gasteiger partial charge is 0.482 e. The number of halogens is 2. The highest BCUT2D eigenvalue weighted by molar-refractivity contribution is 6.30. The Morgan fingerprint density at radius 1 is 1.22 bits per heavy atom. The molecule has 8 heteroatoms. The number of nitrogens with zero attached hydrogens (tertiary/aromatic N) is 2.